The second-order valence-corrected chi connectivity index (χ2v) is 4.82. The summed E-state index contributed by atoms with van der Waals surface area (Å²) < 4.78 is 11.0. The Labute approximate surface area is 99.9 Å². The van der Waals surface area contributed by atoms with Crippen molar-refractivity contribution in [2.24, 2.45) is 0 Å². The summed E-state index contributed by atoms with van der Waals surface area (Å²) in [7, 11) is 0. The lowest BCUT2D eigenvalue weighted by molar-refractivity contribution is -0.139. The highest BCUT2D eigenvalue weighted by Gasteiger charge is 2.27. The van der Waals surface area contributed by atoms with E-state index >= 15 is 0 Å². The number of rotatable bonds is 8. The molecule has 0 aromatic carbocycles. The zero-order valence-corrected chi connectivity index (χ0v) is 11.1. The summed E-state index contributed by atoms with van der Waals surface area (Å²) in [6, 6.07) is 0. The van der Waals surface area contributed by atoms with Crippen molar-refractivity contribution < 1.29 is 9.47 Å². The van der Waals surface area contributed by atoms with Crippen molar-refractivity contribution in [2.45, 2.75) is 64.7 Å². The fraction of sp³-hybridized carbons (Fsp3) is 1.00. The molecule has 0 radical (unpaired) electrons. The molecule has 1 saturated carbocycles. The molecule has 1 aliphatic rings. The molecule has 0 spiro atoms. The number of nitrogens with one attached hydrogen (secondary N) is 1. The summed E-state index contributed by atoms with van der Waals surface area (Å²) in [5.41, 5.74) is 0.364. The van der Waals surface area contributed by atoms with Crippen LogP contribution in [0.2, 0.25) is 0 Å². The largest absolute Gasteiger partial charge is 0.353 e. The van der Waals surface area contributed by atoms with Gasteiger partial charge in [-0.2, -0.15) is 0 Å². The van der Waals surface area contributed by atoms with E-state index in [1.165, 1.54) is 25.7 Å². The normalized spacial score (nSPS) is 19.5. The standard InChI is InChI=1S/C13H27NO2/c1-4-15-12(16-5-2)8-11-14-13(3)9-6-7-10-13/h12,14H,4-11H2,1-3H3. The van der Waals surface area contributed by atoms with E-state index in [4.69, 9.17) is 9.47 Å². The number of hydrogen-bond donors (Lipinski definition) is 1. The van der Waals surface area contributed by atoms with Gasteiger partial charge in [0, 0.05) is 31.7 Å². The molecule has 16 heavy (non-hydrogen) atoms. The quantitative estimate of drug-likeness (QED) is 0.649. The highest BCUT2D eigenvalue weighted by molar-refractivity contribution is 4.87. The molecule has 0 unspecified atom stereocenters. The summed E-state index contributed by atoms with van der Waals surface area (Å²) in [5.74, 6) is 0. The van der Waals surface area contributed by atoms with Gasteiger partial charge in [0.1, 0.15) is 0 Å². The molecule has 0 aliphatic heterocycles. The van der Waals surface area contributed by atoms with Crippen molar-refractivity contribution in [3.8, 4) is 0 Å². The van der Waals surface area contributed by atoms with E-state index in [2.05, 4.69) is 12.2 Å². The summed E-state index contributed by atoms with van der Waals surface area (Å²) in [6.45, 7) is 8.79. The lowest BCUT2D eigenvalue weighted by Crippen LogP contribution is -2.41. The lowest BCUT2D eigenvalue weighted by Gasteiger charge is -2.26. The van der Waals surface area contributed by atoms with E-state index in [1.807, 2.05) is 13.8 Å². The first-order chi connectivity index (χ1) is 7.70. The first-order valence-corrected chi connectivity index (χ1v) is 6.68. The van der Waals surface area contributed by atoms with E-state index in [0.717, 1.165) is 26.2 Å². The van der Waals surface area contributed by atoms with Gasteiger partial charge in [0.25, 0.3) is 0 Å². The molecule has 0 aromatic heterocycles. The Morgan fingerprint density at radius 3 is 2.19 bits per heavy atom. The third-order valence-electron chi connectivity index (χ3n) is 3.34. The van der Waals surface area contributed by atoms with Crippen LogP contribution >= 0.6 is 0 Å². The predicted octanol–water partition coefficient (Wildman–Crippen LogP) is 2.70. The molecule has 1 rings (SSSR count). The highest BCUT2D eigenvalue weighted by atomic mass is 16.7. The molecule has 0 atom stereocenters. The van der Waals surface area contributed by atoms with Crippen LogP contribution in [0.4, 0.5) is 0 Å². The van der Waals surface area contributed by atoms with E-state index in [1.54, 1.807) is 0 Å². The van der Waals surface area contributed by atoms with Crippen LogP contribution in [-0.2, 0) is 9.47 Å². The molecule has 1 fully saturated rings. The molecule has 3 nitrogen and oxygen atoms in total. The van der Waals surface area contributed by atoms with Crippen LogP contribution in [0.15, 0.2) is 0 Å². The average Bonchev–Trinajstić information content (AvgIpc) is 2.66. The fourth-order valence-electron chi connectivity index (χ4n) is 2.41. The zero-order valence-electron chi connectivity index (χ0n) is 11.1. The lowest BCUT2D eigenvalue weighted by atomic mass is 10.0. The second-order valence-electron chi connectivity index (χ2n) is 4.82. The molecule has 0 heterocycles. The smallest absolute Gasteiger partial charge is 0.158 e. The number of ether oxygens (including phenoxy) is 2. The van der Waals surface area contributed by atoms with Gasteiger partial charge in [-0.05, 0) is 33.6 Å². The second kappa shape index (κ2) is 7.25. The van der Waals surface area contributed by atoms with Crippen LogP contribution < -0.4 is 5.32 Å². The first kappa shape index (κ1) is 13.9. The maximum atomic E-state index is 5.52. The Morgan fingerprint density at radius 1 is 1.12 bits per heavy atom. The SMILES string of the molecule is CCOC(CCNC1(C)CCCC1)OCC. The van der Waals surface area contributed by atoms with Crippen LogP contribution in [0.5, 0.6) is 0 Å². The van der Waals surface area contributed by atoms with E-state index in [9.17, 15) is 0 Å². The van der Waals surface area contributed by atoms with Gasteiger partial charge in [-0.25, -0.2) is 0 Å². The van der Waals surface area contributed by atoms with E-state index in [-0.39, 0.29) is 6.29 Å². The number of hydrogen-bond acceptors (Lipinski definition) is 3. The van der Waals surface area contributed by atoms with Crippen molar-refractivity contribution in [3.63, 3.8) is 0 Å². The van der Waals surface area contributed by atoms with Crippen LogP contribution in [0.25, 0.3) is 0 Å². The van der Waals surface area contributed by atoms with Gasteiger partial charge >= 0.3 is 0 Å². The van der Waals surface area contributed by atoms with Crippen molar-refractivity contribution >= 4 is 0 Å². The van der Waals surface area contributed by atoms with Gasteiger partial charge in [0.15, 0.2) is 6.29 Å². The van der Waals surface area contributed by atoms with Crippen molar-refractivity contribution in [1.82, 2.24) is 5.32 Å². The van der Waals surface area contributed by atoms with Crippen molar-refractivity contribution in [1.29, 1.82) is 0 Å². The summed E-state index contributed by atoms with van der Waals surface area (Å²) in [4.78, 5) is 0. The van der Waals surface area contributed by atoms with Crippen LogP contribution in [0.1, 0.15) is 52.9 Å². The molecular weight excluding hydrogens is 202 g/mol. The Morgan fingerprint density at radius 2 is 1.69 bits per heavy atom. The minimum atomic E-state index is -0.0347. The average molecular weight is 229 g/mol. The summed E-state index contributed by atoms with van der Waals surface area (Å²) >= 11 is 0. The maximum absolute atomic E-state index is 5.52. The van der Waals surface area contributed by atoms with Gasteiger partial charge in [-0.1, -0.05) is 12.8 Å². The molecule has 0 amide bonds. The monoisotopic (exact) mass is 229 g/mol. The molecule has 96 valence electrons. The molecule has 1 N–H and O–H groups in total. The first-order valence-electron chi connectivity index (χ1n) is 6.68. The van der Waals surface area contributed by atoms with Gasteiger partial charge < -0.3 is 14.8 Å². The van der Waals surface area contributed by atoms with Crippen LogP contribution in [-0.4, -0.2) is 31.6 Å². The molecule has 0 saturated heterocycles. The maximum Gasteiger partial charge on any atom is 0.158 e. The van der Waals surface area contributed by atoms with E-state index < -0.39 is 0 Å². The summed E-state index contributed by atoms with van der Waals surface area (Å²) in [5, 5.41) is 3.65. The zero-order chi connectivity index (χ0) is 11.9. The Kier molecular flexibility index (Phi) is 6.32. The minimum absolute atomic E-state index is 0.0347. The predicted molar refractivity (Wildman–Crippen MR) is 66.5 cm³/mol. The van der Waals surface area contributed by atoms with Crippen LogP contribution in [0.3, 0.4) is 0 Å². The van der Waals surface area contributed by atoms with Gasteiger partial charge in [0.05, 0.1) is 0 Å². The molecule has 0 bridgehead atoms. The fourth-order valence-corrected chi connectivity index (χ4v) is 2.41. The third-order valence-corrected chi connectivity index (χ3v) is 3.34. The highest BCUT2D eigenvalue weighted by Crippen LogP contribution is 2.28. The Hall–Kier alpha value is -0.120. The minimum Gasteiger partial charge on any atom is -0.353 e. The molecule has 0 aromatic rings. The van der Waals surface area contributed by atoms with Crippen molar-refractivity contribution in [3.05, 3.63) is 0 Å². The molecular formula is C13H27NO2. The topological polar surface area (TPSA) is 30.5 Å². The van der Waals surface area contributed by atoms with Crippen LogP contribution in [0, 0.1) is 0 Å². The molecule has 3 heteroatoms. The van der Waals surface area contributed by atoms with Gasteiger partial charge in [0.2, 0.25) is 0 Å². The van der Waals surface area contributed by atoms with Crippen molar-refractivity contribution in [2.75, 3.05) is 19.8 Å². The molecule has 1 aliphatic carbocycles. The van der Waals surface area contributed by atoms with Gasteiger partial charge in [-0.3, -0.25) is 0 Å². The Balaban J connectivity index is 2.16. The van der Waals surface area contributed by atoms with E-state index in [0.29, 0.717) is 5.54 Å². The third kappa shape index (κ3) is 4.81. The Bertz CT molecular complexity index is 173. The van der Waals surface area contributed by atoms with Gasteiger partial charge in [-0.15, -0.1) is 0 Å². The summed E-state index contributed by atoms with van der Waals surface area (Å²) in [6.07, 6.45) is 6.25.